The number of rotatable bonds is 4. The Kier molecular flexibility index (Phi) is 4.99. The first-order chi connectivity index (χ1) is 10.6. The van der Waals surface area contributed by atoms with Crippen molar-refractivity contribution in [2.75, 3.05) is 36.9 Å². The lowest BCUT2D eigenvalue weighted by Gasteiger charge is -2.30. The molecule has 0 saturated carbocycles. The van der Waals surface area contributed by atoms with E-state index in [4.69, 9.17) is 5.73 Å². The summed E-state index contributed by atoms with van der Waals surface area (Å²) in [5.74, 6) is -0.534. The predicted molar refractivity (Wildman–Crippen MR) is 79.1 cm³/mol. The van der Waals surface area contributed by atoms with E-state index in [-0.39, 0.29) is 24.2 Å². The maximum atomic E-state index is 12.9. The van der Waals surface area contributed by atoms with Gasteiger partial charge >= 0.3 is 6.18 Å². The number of halogens is 3. The van der Waals surface area contributed by atoms with Crippen molar-refractivity contribution in [2.24, 2.45) is 5.92 Å². The Balaban J connectivity index is 1.99. The third-order valence-electron chi connectivity index (χ3n) is 3.71. The van der Waals surface area contributed by atoms with Crippen LogP contribution in [-0.4, -0.2) is 48.6 Å². The quantitative estimate of drug-likeness (QED) is 0.842. The molecule has 0 spiro atoms. The van der Waals surface area contributed by atoms with Gasteiger partial charge in [0.05, 0.1) is 6.26 Å². The van der Waals surface area contributed by atoms with Gasteiger partial charge in [0.25, 0.3) is 0 Å². The molecule has 1 aliphatic heterocycles. The fraction of sp³-hybridized carbons (Fsp3) is 0.667. The van der Waals surface area contributed by atoms with Crippen LogP contribution in [0.4, 0.5) is 24.9 Å². The zero-order valence-electron chi connectivity index (χ0n) is 12.5. The second kappa shape index (κ2) is 6.48. The molecule has 2 heterocycles. The fourth-order valence-corrected chi connectivity index (χ4v) is 3.30. The van der Waals surface area contributed by atoms with Crippen molar-refractivity contribution < 1.29 is 21.6 Å². The monoisotopic (exact) mass is 353 g/mol. The number of nitrogens with two attached hydrogens (primary N) is 1. The Bertz CT molecular complexity index is 657. The van der Waals surface area contributed by atoms with Crippen molar-refractivity contribution in [3.63, 3.8) is 0 Å². The number of piperidine rings is 1. The van der Waals surface area contributed by atoms with Crippen LogP contribution in [0.15, 0.2) is 6.20 Å². The zero-order chi connectivity index (χ0) is 17.3. The summed E-state index contributed by atoms with van der Waals surface area (Å²) in [7, 11) is -3.22. The summed E-state index contributed by atoms with van der Waals surface area (Å²) in [5, 5.41) is 2.66. The number of anilines is 2. The first kappa shape index (κ1) is 17.7. The molecule has 1 saturated heterocycles. The molecule has 0 aromatic carbocycles. The Morgan fingerprint density at radius 3 is 2.52 bits per heavy atom. The summed E-state index contributed by atoms with van der Waals surface area (Å²) in [4.78, 5) is 6.98. The third kappa shape index (κ3) is 4.67. The molecule has 0 aliphatic carbocycles. The topological polar surface area (TPSA) is 101 Å². The average molecular weight is 353 g/mol. The molecule has 0 amide bonds. The van der Waals surface area contributed by atoms with Crippen LogP contribution in [-0.2, 0) is 16.2 Å². The van der Waals surface area contributed by atoms with Gasteiger partial charge in [-0.05, 0) is 18.8 Å². The highest BCUT2D eigenvalue weighted by Crippen LogP contribution is 2.33. The van der Waals surface area contributed by atoms with Crippen LogP contribution in [0.5, 0.6) is 0 Å². The van der Waals surface area contributed by atoms with Gasteiger partial charge in [0.2, 0.25) is 16.0 Å². The van der Waals surface area contributed by atoms with Crippen LogP contribution in [0, 0.1) is 5.92 Å². The molecule has 7 nitrogen and oxygen atoms in total. The van der Waals surface area contributed by atoms with E-state index in [0.717, 1.165) is 6.26 Å². The van der Waals surface area contributed by atoms with Crippen LogP contribution >= 0.6 is 0 Å². The van der Waals surface area contributed by atoms with Gasteiger partial charge in [0.1, 0.15) is 11.4 Å². The molecule has 2 rings (SSSR count). The first-order valence-electron chi connectivity index (χ1n) is 6.96. The van der Waals surface area contributed by atoms with E-state index in [1.165, 1.54) is 4.31 Å². The SMILES string of the molecule is CS(=O)(=O)N1CCC(CNc2nc(N)ncc2C(F)(F)F)CC1. The summed E-state index contributed by atoms with van der Waals surface area (Å²) in [5.41, 5.74) is 4.37. The van der Waals surface area contributed by atoms with Crippen LogP contribution in [0.2, 0.25) is 0 Å². The largest absolute Gasteiger partial charge is 0.421 e. The van der Waals surface area contributed by atoms with E-state index in [1.807, 2.05) is 0 Å². The van der Waals surface area contributed by atoms with Gasteiger partial charge in [-0.15, -0.1) is 0 Å². The summed E-state index contributed by atoms with van der Waals surface area (Å²) in [6.45, 7) is 0.990. The lowest BCUT2D eigenvalue weighted by molar-refractivity contribution is -0.137. The highest BCUT2D eigenvalue weighted by Gasteiger charge is 2.35. The molecule has 3 N–H and O–H groups in total. The minimum absolute atomic E-state index is 0.0604. The van der Waals surface area contributed by atoms with Crippen molar-refractivity contribution in [1.29, 1.82) is 0 Å². The number of alkyl halides is 3. The average Bonchev–Trinajstić information content (AvgIpc) is 2.43. The van der Waals surface area contributed by atoms with Crippen LogP contribution in [0.3, 0.4) is 0 Å². The van der Waals surface area contributed by atoms with Gasteiger partial charge in [-0.25, -0.2) is 17.7 Å². The zero-order valence-corrected chi connectivity index (χ0v) is 13.3. The molecule has 1 aliphatic rings. The van der Waals surface area contributed by atoms with Crippen LogP contribution < -0.4 is 11.1 Å². The van der Waals surface area contributed by atoms with E-state index >= 15 is 0 Å². The molecule has 1 aromatic rings. The number of aromatic nitrogens is 2. The Hall–Kier alpha value is -1.62. The van der Waals surface area contributed by atoms with Crippen molar-refractivity contribution in [1.82, 2.24) is 14.3 Å². The maximum Gasteiger partial charge on any atom is 0.421 e. The molecule has 130 valence electrons. The van der Waals surface area contributed by atoms with Crippen molar-refractivity contribution in [3.05, 3.63) is 11.8 Å². The van der Waals surface area contributed by atoms with E-state index in [0.29, 0.717) is 32.1 Å². The van der Waals surface area contributed by atoms with Crippen LogP contribution in [0.1, 0.15) is 18.4 Å². The molecule has 1 fully saturated rings. The van der Waals surface area contributed by atoms with Crippen molar-refractivity contribution >= 4 is 21.8 Å². The summed E-state index contributed by atoms with van der Waals surface area (Å²) in [6.07, 6.45) is -1.64. The lowest BCUT2D eigenvalue weighted by atomic mass is 9.98. The number of sulfonamides is 1. The van der Waals surface area contributed by atoms with Gasteiger partial charge in [-0.1, -0.05) is 0 Å². The molecule has 1 aromatic heterocycles. The normalized spacial score (nSPS) is 18.1. The molecular formula is C12H18F3N5O2S. The Morgan fingerprint density at radius 2 is 2.00 bits per heavy atom. The van der Waals surface area contributed by atoms with Crippen molar-refractivity contribution in [2.45, 2.75) is 19.0 Å². The number of nitrogens with zero attached hydrogens (tertiary/aromatic N) is 3. The number of nitrogen functional groups attached to an aromatic ring is 1. The summed E-state index contributed by atoms with van der Waals surface area (Å²) in [6, 6.07) is 0. The molecule has 11 heteroatoms. The standard InChI is InChI=1S/C12H18F3N5O2S/c1-23(21,22)20-4-2-8(3-5-20)6-17-10-9(12(13,14)15)7-18-11(16)19-10/h7-8H,2-6H2,1H3,(H3,16,17,18,19). The van der Waals surface area contributed by atoms with E-state index < -0.39 is 21.8 Å². The predicted octanol–water partition coefficient (Wildman–Crippen LogP) is 1.16. The highest BCUT2D eigenvalue weighted by molar-refractivity contribution is 7.88. The molecule has 0 bridgehead atoms. The first-order valence-corrected chi connectivity index (χ1v) is 8.81. The van der Waals surface area contributed by atoms with Gasteiger partial charge in [0.15, 0.2) is 0 Å². The second-order valence-corrected chi connectivity index (χ2v) is 7.46. The van der Waals surface area contributed by atoms with Gasteiger partial charge < -0.3 is 11.1 Å². The molecular weight excluding hydrogens is 335 g/mol. The summed E-state index contributed by atoms with van der Waals surface area (Å²) < 4.78 is 62.9. The highest BCUT2D eigenvalue weighted by atomic mass is 32.2. The smallest absolute Gasteiger partial charge is 0.369 e. The Labute approximate surface area is 132 Å². The summed E-state index contributed by atoms with van der Waals surface area (Å²) >= 11 is 0. The van der Waals surface area contributed by atoms with E-state index in [1.54, 1.807) is 0 Å². The number of hydrogen-bond donors (Lipinski definition) is 2. The minimum atomic E-state index is -4.57. The van der Waals surface area contributed by atoms with Gasteiger partial charge in [-0.3, -0.25) is 0 Å². The Morgan fingerprint density at radius 1 is 1.39 bits per heavy atom. The maximum absolute atomic E-state index is 12.9. The van der Waals surface area contributed by atoms with E-state index in [2.05, 4.69) is 15.3 Å². The molecule has 0 atom stereocenters. The number of hydrogen-bond acceptors (Lipinski definition) is 6. The minimum Gasteiger partial charge on any atom is -0.369 e. The van der Waals surface area contributed by atoms with Crippen LogP contribution in [0.25, 0.3) is 0 Å². The molecule has 0 unspecified atom stereocenters. The second-order valence-electron chi connectivity index (χ2n) is 5.47. The third-order valence-corrected chi connectivity index (χ3v) is 5.02. The van der Waals surface area contributed by atoms with Gasteiger partial charge in [0, 0.05) is 25.8 Å². The molecule has 23 heavy (non-hydrogen) atoms. The van der Waals surface area contributed by atoms with Crippen molar-refractivity contribution in [3.8, 4) is 0 Å². The number of nitrogens with one attached hydrogen (secondary N) is 1. The molecule has 0 radical (unpaired) electrons. The lowest BCUT2D eigenvalue weighted by Crippen LogP contribution is -2.39. The van der Waals surface area contributed by atoms with E-state index in [9.17, 15) is 21.6 Å². The van der Waals surface area contributed by atoms with Gasteiger partial charge in [-0.2, -0.15) is 18.2 Å². The fourth-order valence-electron chi connectivity index (χ4n) is 2.42.